The maximum atomic E-state index is 14.1. The van der Waals surface area contributed by atoms with E-state index in [2.05, 4.69) is 40.4 Å². The van der Waals surface area contributed by atoms with E-state index in [0.717, 1.165) is 33.6 Å². The lowest BCUT2D eigenvalue weighted by atomic mass is 10.00. The minimum Gasteiger partial charge on any atom is -0.497 e. The van der Waals surface area contributed by atoms with Crippen molar-refractivity contribution in [2.45, 2.75) is 0 Å². The lowest BCUT2D eigenvalue weighted by Gasteiger charge is -2.29. The lowest BCUT2D eigenvalue weighted by Crippen LogP contribution is -2.41. The van der Waals surface area contributed by atoms with E-state index in [4.69, 9.17) is 9.47 Å². The van der Waals surface area contributed by atoms with Crippen LogP contribution in [0.1, 0.15) is 5.56 Å². The third-order valence-corrected chi connectivity index (χ3v) is 7.97. The summed E-state index contributed by atoms with van der Waals surface area (Å²) in [4.78, 5) is 16.2. The second-order valence-electron chi connectivity index (χ2n) is 10.6. The standard InChI is InChI=1S/C37H31N4O3/c1-38-25-24-26(30-15-9-10-18-33(30)38)12-11-19-34-39(2)41(28-13-5-4-6-14-28)35-31-16-7-8-17-32(31)36(42)40(37(35)44-34)27-20-22-29(43-3)23-21-27/h4-25H,1-3H3/q+1. The molecular formula is C37H31N4O3+. The molecule has 0 bridgehead atoms. The average Bonchev–Trinajstić information content (AvgIpc) is 3.07. The number of hydrazone groups is 1. The number of hydrogen-bond acceptors (Lipinski definition) is 5. The van der Waals surface area contributed by atoms with Crippen LogP contribution >= 0.6 is 0 Å². The number of pyridine rings is 1. The first-order chi connectivity index (χ1) is 21.5. The van der Waals surface area contributed by atoms with E-state index in [1.54, 1.807) is 11.7 Å². The van der Waals surface area contributed by atoms with E-state index in [0.29, 0.717) is 28.6 Å². The molecule has 1 aromatic heterocycles. The largest absolute Gasteiger partial charge is 0.497 e. The fourth-order valence-electron chi connectivity index (χ4n) is 5.77. The van der Waals surface area contributed by atoms with Crippen molar-refractivity contribution < 1.29 is 14.2 Å². The van der Waals surface area contributed by atoms with Crippen LogP contribution in [0.15, 0.2) is 138 Å². The van der Waals surface area contributed by atoms with Crippen LogP contribution in [0.4, 0.5) is 17.1 Å². The monoisotopic (exact) mass is 579 g/mol. The van der Waals surface area contributed by atoms with Gasteiger partial charge in [-0.1, -0.05) is 71.4 Å². The van der Waals surface area contributed by atoms with Crippen LogP contribution < -0.4 is 24.9 Å². The predicted octanol–water partition coefficient (Wildman–Crippen LogP) is 7.09. The first-order valence-electron chi connectivity index (χ1n) is 14.4. The van der Waals surface area contributed by atoms with Gasteiger partial charge in [0.15, 0.2) is 12.7 Å². The van der Waals surface area contributed by atoms with Crippen LogP contribution in [0.3, 0.4) is 0 Å². The SMILES string of the molecule is COc1ccc(-n2c3c(c4ccccc4c2=O)N(c2ccccc2)[N+](C)=C(/C=C/C=C2\C=CN(C)c4ccccc42)O3)cc1. The maximum absolute atomic E-state index is 14.1. The number of hydrazine groups is 1. The molecule has 7 rings (SSSR count). The first-order valence-corrected chi connectivity index (χ1v) is 14.4. The quantitative estimate of drug-likeness (QED) is 0.208. The van der Waals surface area contributed by atoms with E-state index in [1.807, 2.05) is 122 Å². The second-order valence-corrected chi connectivity index (χ2v) is 10.6. The summed E-state index contributed by atoms with van der Waals surface area (Å²) in [6.07, 6.45) is 10.1. The van der Waals surface area contributed by atoms with Gasteiger partial charge >= 0.3 is 5.90 Å². The Hall–Kier alpha value is -5.82. The maximum Gasteiger partial charge on any atom is 0.398 e. The van der Waals surface area contributed by atoms with Gasteiger partial charge in [-0.2, -0.15) is 0 Å². The fraction of sp³-hybridized carbons (Fsp3) is 0.0811. The predicted molar refractivity (Wildman–Crippen MR) is 178 cm³/mol. The van der Waals surface area contributed by atoms with Gasteiger partial charge in [-0.15, -0.1) is 5.01 Å². The van der Waals surface area contributed by atoms with Crippen LogP contribution in [0.25, 0.3) is 22.0 Å². The number of fused-ring (bicyclic) bond motifs is 4. The van der Waals surface area contributed by atoms with Gasteiger partial charge in [0.05, 0.1) is 24.3 Å². The number of anilines is 3. The third-order valence-electron chi connectivity index (χ3n) is 7.97. The molecule has 0 N–H and O–H groups in total. The number of para-hydroxylation sites is 2. The van der Waals surface area contributed by atoms with Crippen molar-refractivity contribution in [1.29, 1.82) is 0 Å². The van der Waals surface area contributed by atoms with Crippen molar-refractivity contribution in [3.63, 3.8) is 0 Å². The molecule has 0 unspecified atom stereocenters. The van der Waals surface area contributed by atoms with E-state index in [-0.39, 0.29) is 5.56 Å². The zero-order valence-electron chi connectivity index (χ0n) is 24.7. The Labute approximate surface area is 255 Å². The Morgan fingerprint density at radius 3 is 2.30 bits per heavy atom. The van der Waals surface area contributed by atoms with Crippen molar-refractivity contribution in [2.75, 3.05) is 31.1 Å². The van der Waals surface area contributed by atoms with Crippen molar-refractivity contribution in [3.05, 3.63) is 150 Å². The minimum atomic E-state index is -0.166. The zero-order valence-corrected chi connectivity index (χ0v) is 24.7. The van der Waals surface area contributed by atoms with Crippen molar-refractivity contribution in [3.8, 4) is 17.3 Å². The van der Waals surface area contributed by atoms with Gasteiger partial charge < -0.3 is 14.4 Å². The second kappa shape index (κ2) is 11.1. The van der Waals surface area contributed by atoms with Gasteiger partial charge in [0.25, 0.3) is 5.56 Å². The number of aromatic nitrogens is 1. The normalized spacial score (nSPS) is 15.1. The molecule has 0 amide bonds. The van der Waals surface area contributed by atoms with Gasteiger partial charge in [-0.25, -0.2) is 4.57 Å². The highest BCUT2D eigenvalue weighted by Crippen LogP contribution is 2.42. The Kier molecular flexibility index (Phi) is 6.83. The van der Waals surface area contributed by atoms with Gasteiger partial charge in [-0.05, 0) is 60.2 Å². The summed E-state index contributed by atoms with van der Waals surface area (Å²) in [6, 6.07) is 33.5. The van der Waals surface area contributed by atoms with Crippen LogP contribution in [0, 0.1) is 0 Å². The van der Waals surface area contributed by atoms with Gasteiger partial charge in [0, 0.05) is 29.9 Å². The summed E-state index contributed by atoms with van der Waals surface area (Å²) in [5, 5.41) is 3.49. The van der Waals surface area contributed by atoms with Crippen LogP contribution in [-0.4, -0.2) is 36.4 Å². The Morgan fingerprint density at radius 1 is 0.818 bits per heavy atom. The molecule has 0 spiro atoms. The molecule has 0 aliphatic carbocycles. The van der Waals surface area contributed by atoms with E-state index < -0.39 is 0 Å². The van der Waals surface area contributed by atoms with Crippen LogP contribution in [0.5, 0.6) is 11.6 Å². The molecule has 2 aliphatic rings. The molecule has 7 nitrogen and oxygen atoms in total. The van der Waals surface area contributed by atoms with Gasteiger partial charge in [-0.3, -0.25) is 4.79 Å². The average molecular weight is 580 g/mol. The summed E-state index contributed by atoms with van der Waals surface area (Å²) in [6.45, 7) is 0. The molecule has 0 saturated carbocycles. The van der Waals surface area contributed by atoms with Crippen molar-refractivity contribution in [1.82, 2.24) is 4.57 Å². The van der Waals surface area contributed by atoms with E-state index in [1.165, 1.54) is 0 Å². The number of nitrogens with zero attached hydrogens (tertiary/aromatic N) is 4. The molecule has 5 aromatic rings. The van der Waals surface area contributed by atoms with Gasteiger partial charge in [0.2, 0.25) is 5.88 Å². The molecule has 7 heteroatoms. The number of benzene rings is 4. The molecule has 0 radical (unpaired) electrons. The molecule has 4 aromatic carbocycles. The Balaban J connectivity index is 1.43. The summed E-state index contributed by atoms with van der Waals surface area (Å²) in [5.74, 6) is 1.69. The summed E-state index contributed by atoms with van der Waals surface area (Å²) in [5.41, 5.74) is 5.60. The Morgan fingerprint density at radius 2 is 1.52 bits per heavy atom. The van der Waals surface area contributed by atoms with E-state index >= 15 is 0 Å². The Bertz CT molecular complexity index is 2070. The topological polar surface area (TPSA) is 50.0 Å². The summed E-state index contributed by atoms with van der Waals surface area (Å²) >= 11 is 0. The number of rotatable bonds is 5. The molecule has 3 heterocycles. The number of allylic oxidation sites excluding steroid dienone is 4. The molecule has 0 saturated heterocycles. The van der Waals surface area contributed by atoms with Crippen LogP contribution in [0.2, 0.25) is 0 Å². The number of ether oxygens (including phenoxy) is 2. The molecule has 216 valence electrons. The molecule has 0 atom stereocenters. The molecular weight excluding hydrogens is 548 g/mol. The lowest BCUT2D eigenvalue weighted by molar-refractivity contribution is -0.509. The fourth-order valence-corrected chi connectivity index (χ4v) is 5.77. The van der Waals surface area contributed by atoms with Gasteiger partial charge in [0.1, 0.15) is 11.4 Å². The molecule has 2 aliphatic heterocycles. The van der Waals surface area contributed by atoms with Crippen molar-refractivity contribution >= 4 is 39.3 Å². The zero-order chi connectivity index (χ0) is 30.2. The highest BCUT2D eigenvalue weighted by atomic mass is 16.5. The number of methoxy groups -OCH3 is 1. The first kappa shape index (κ1) is 27.0. The van der Waals surface area contributed by atoms with Crippen LogP contribution in [-0.2, 0) is 0 Å². The van der Waals surface area contributed by atoms with Crippen molar-refractivity contribution in [2.24, 2.45) is 0 Å². The minimum absolute atomic E-state index is 0.166. The summed E-state index contributed by atoms with van der Waals surface area (Å²) in [7, 11) is 5.63. The molecule has 44 heavy (non-hydrogen) atoms. The third kappa shape index (κ3) is 4.55. The highest BCUT2D eigenvalue weighted by molar-refractivity contribution is 6.01. The smallest absolute Gasteiger partial charge is 0.398 e. The molecule has 0 fully saturated rings. The highest BCUT2D eigenvalue weighted by Gasteiger charge is 2.37. The number of hydrogen-bond donors (Lipinski definition) is 0. The van der Waals surface area contributed by atoms with E-state index in [9.17, 15) is 4.79 Å². The summed E-state index contributed by atoms with van der Waals surface area (Å²) < 4.78 is 15.7.